The Kier molecular flexibility index (Phi) is 13.4. The predicted octanol–water partition coefficient (Wildman–Crippen LogP) is 2.82. The van der Waals surface area contributed by atoms with E-state index in [9.17, 15) is 20.1 Å². The highest BCUT2D eigenvalue weighted by atomic mass is 79.9. The van der Waals surface area contributed by atoms with Crippen LogP contribution >= 0.6 is 0 Å². The van der Waals surface area contributed by atoms with Gasteiger partial charge < -0.3 is 56.9 Å². The van der Waals surface area contributed by atoms with Crippen LogP contribution in [-0.2, 0) is 15.1 Å². The lowest BCUT2D eigenvalue weighted by Crippen LogP contribution is -3.00. The lowest BCUT2D eigenvalue weighted by Gasteiger charge is -2.53. The molecule has 1 saturated carbocycles. The van der Waals surface area contributed by atoms with E-state index >= 15 is 0 Å². The number of anilines is 1. The summed E-state index contributed by atoms with van der Waals surface area (Å²) in [6.07, 6.45) is 7.76. The fourth-order valence-electron chi connectivity index (χ4n) is 8.43. The van der Waals surface area contributed by atoms with Crippen molar-refractivity contribution in [3.05, 3.63) is 89.5 Å². The molecule has 0 spiro atoms. The number of phenols is 1. The second-order valence-electron chi connectivity index (χ2n) is 14.6. The van der Waals surface area contributed by atoms with Crippen LogP contribution < -0.4 is 32.4 Å². The Morgan fingerprint density at radius 2 is 1.68 bits per heavy atom. The van der Waals surface area contributed by atoms with Crippen molar-refractivity contribution >= 4 is 12.1 Å². The number of aliphatic hydroxyl groups excluding tert-OH is 1. The first kappa shape index (κ1) is 38.2. The number of amides is 1. The van der Waals surface area contributed by atoms with Gasteiger partial charge in [-0.25, -0.2) is 0 Å². The largest absolute Gasteiger partial charge is 1.00 e. The monoisotopic (exact) mass is 751 g/mol. The van der Waals surface area contributed by atoms with Crippen LogP contribution in [0, 0.1) is 11.8 Å². The summed E-state index contributed by atoms with van der Waals surface area (Å²) in [4.78, 5) is 10.8. The van der Waals surface area contributed by atoms with Gasteiger partial charge in [-0.2, -0.15) is 0 Å². The molecule has 7 rings (SSSR count). The summed E-state index contributed by atoms with van der Waals surface area (Å²) in [5, 5.41) is 38.3. The van der Waals surface area contributed by atoms with Crippen LogP contribution in [0.15, 0.2) is 72.8 Å². The van der Waals surface area contributed by atoms with Gasteiger partial charge in [-0.05, 0) is 66.6 Å². The highest BCUT2D eigenvalue weighted by Gasteiger charge is 2.48. The third-order valence-corrected chi connectivity index (χ3v) is 11.5. The number of aliphatic hydroxyl groups is 2. The zero-order chi connectivity index (χ0) is 34.3. The molecule has 9 nitrogen and oxygen atoms in total. The van der Waals surface area contributed by atoms with Crippen molar-refractivity contribution in [1.29, 1.82) is 0 Å². The lowest BCUT2D eigenvalue weighted by molar-refractivity contribution is -0.946. The van der Waals surface area contributed by atoms with E-state index in [2.05, 4.69) is 22.8 Å². The molecular formula is C40H54BrN3O6. The minimum atomic E-state index is -0.915. The number of phenolic OH excluding ortho intramolecular Hbond substituents is 1. The maximum Gasteiger partial charge on any atom is 0.211 e. The van der Waals surface area contributed by atoms with Gasteiger partial charge in [0.15, 0.2) is 0 Å². The van der Waals surface area contributed by atoms with Crippen LogP contribution in [0.5, 0.6) is 11.5 Å². The third-order valence-electron chi connectivity index (χ3n) is 11.5. The van der Waals surface area contributed by atoms with Gasteiger partial charge in [-0.1, -0.05) is 61.4 Å². The Morgan fingerprint density at radius 3 is 2.38 bits per heavy atom. The van der Waals surface area contributed by atoms with Crippen LogP contribution in [-0.4, -0.2) is 78.3 Å². The number of halogens is 1. The fraction of sp³-hybridized carbons (Fsp3) is 0.525. The molecule has 3 saturated heterocycles. The Hall–Kier alpha value is -2.99. The van der Waals surface area contributed by atoms with E-state index in [0.29, 0.717) is 37.6 Å². The molecule has 0 radical (unpaired) electrons. The van der Waals surface area contributed by atoms with Gasteiger partial charge in [0.05, 0.1) is 44.6 Å². The van der Waals surface area contributed by atoms with Gasteiger partial charge in [0.25, 0.3) is 0 Å². The highest BCUT2D eigenvalue weighted by Crippen LogP contribution is 2.43. The summed E-state index contributed by atoms with van der Waals surface area (Å²) in [5.41, 5.74) is 2.03. The van der Waals surface area contributed by atoms with Gasteiger partial charge in [0.1, 0.15) is 29.7 Å². The molecule has 10 heteroatoms. The number of nitrogens with one attached hydrogen (secondary N) is 2. The Bertz CT molecular complexity index is 1500. The average molecular weight is 753 g/mol. The molecular weight excluding hydrogens is 698 g/mol. The number of hydrogen-bond acceptors (Lipinski definition) is 7. The van der Waals surface area contributed by atoms with Crippen molar-refractivity contribution in [2.24, 2.45) is 11.8 Å². The number of quaternary nitrogens is 1. The normalized spacial score (nSPS) is 24.1. The van der Waals surface area contributed by atoms with E-state index < -0.39 is 11.7 Å². The molecule has 1 aliphatic carbocycles. The number of aromatic hydroxyl groups is 1. The van der Waals surface area contributed by atoms with Crippen LogP contribution in [0.25, 0.3) is 0 Å². The fourth-order valence-corrected chi connectivity index (χ4v) is 8.43. The number of nitrogens with zero attached hydrogens (tertiary/aromatic N) is 1. The first-order chi connectivity index (χ1) is 23.8. The molecule has 4 aliphatic rings. The third kappa shape index (κ3) is 9.08. The van der Waals surface area contributed by atoms with Gasteiger partial charge in [0, 0.05) is 37.8 Å². The summed E-state index contributed by atoms with van der Waals surface area (Å²) < 4.78 is 14.0. The van der Waals surface area contributed by atoms with Crippen molar-refractivity contribution in [3.8, 4) is 11.5 Å². The van der Waals surface area contributed by atoms with Crippen LogP contribution in [0.4, 0.5) is 5.69 Å². The maximum absolute atomic E-state index is 12.0. The second-order valence-corrected chi connectivity index (χ2v) is 14.6. The number of carbonyl (C=O) groups excluding carboxylic acids is 1. The minimum Gasteiger partial charge on any atom is -1.00 e. The zero-order valence-corrected chi connectivity index (χ0v) is 30.8. The molecule has 50 heavy (non-hydrogen) atoms. The van der Waals surface area contributed by atoms with E-state index in [1.807, 2.05) is 49.4 Å². The lowest BCUT2D eigenvalue weighted by atomic mass is 9.80. The molecule has 2 bridgehead atoms. The first-order valence-corrected chi connectivity index (χ1v) is 18.2. The number of rotatable bonds is 17. The van der Waals surface area contributed by atoms with E-state index in [1.54, 1.807) is 12.1 Å². The molecule has 1 amide bonds. The smallest absolute Gasteiger partial charge is 0.211 e. The number of fused-ring (bicyclic) bond motifs is 3. The number of benzene rings is 3. The van der Waals surface area contributed by atoms with Crippen molar-refractivity contribution in [2.45, 2.75) is 75.7 Å². The van der Waals surface area contributed by atoms with Crippen LogP contribution in [0.1, 0.15) is 80.7 Å². The molecule has 3 aromatic rings. The Labute approximate surface area is 307 Å². The standard InChI is InChI=1S/C40H53N3O6.BrH/c1-29(41-25-38(46)32-14-17-37(45)36(24-32)42-28-44)30-12-15-35(16-13-30)48-23-7-20-43-21-18-31(19-22-43)39(26-43)49-27-40(47,34-10-5-6-11-34)33-8-3-2-4-9-33;/h2-4,8-9,12-17,24,28-29,31,34,38-39,41,46-47H,5-7,10-11,18-23,25-27H2,1H3,(H-,42,44,45);1H/t29?,31?,38-,39-,40+,43?;/m0./s1. The predicted molar refractivity (Wildman–Crippen MR) is 190 cm³/mol. The SMILES string of the molecule is CC(NC[C@H](O)c1ccc(O)c(NC=O)c1)c1ccc(OCCC[N+]23CCC(CC2)[C@@H](OC[C@@](O)(c2ccccc2)C2CCCC2)C3)cc1.[Br-]. The summed E-state index contributed by atoms with van der Waals surface area (Å²) in [7, 11) is 0. The van der Waals surface area contributed by atoms with Crippen molar-refractivity contribution in [2.75, 3.05) is 51.3 Å². The summed E-state index contributed by atoms with van der Waals surface area (Å²) in [6, 6.07) is 23.0. The molecule has 0 aromatic heterocycles. The molecule has 1 unspecified atom stereocenters. The number of hydrogen-bond donors (Lipinski definition) is 5. The molecule has 272 valence electrons. The van der Waals surface area contributed by atoms with Crippen molar-refractivity contribution in [1.82, 2.24) is 5.32 Å². The zero-order valence-electron chi connectivity index (χ0n) is 29.2. The van der Waals surface area contributed by atoms with Crippen LogP contribution in [0.3, 0.4) is 0 Å². The van der Waals surface area contributed by atoms with Crippen LogP contribution in [0.2, 0.25) is 0 Å². The minimum absolute atomic E-state index is 0. The number of carbonyl (C=O) groups is 1. The summed E-state index contributed by atoms with van der Waals surface area (Å²) >= 11 is 0. The van der Waals surface area contributed by atoms with E-state index in [-0.39, 0.29) is 46.5 Å². The van der Waals surface area contributed by atoms with Gasteiger partial charge in [-0.3, -0.25) is 4.79 Å². The molecule has 4 atom stereocenters. The van der Waals surface area contributed by atoms with Crippen molar-refractivity contribution < 1.29 is 51.1 Å². The van der Waals surface area contributed by atoms with E-state index in [0.717, 1.165) is 53.7 Å². The summed E-state index contributed by atoms with van der Waals surface area (Å²) in [6.45, 7) is 7.91. The maximum atomic E-state index is 12.0. The molecule has 3 aliphatic heterocycles. The average Bonchev–Trinajstić information content (AvgIpc) is 3.70. The van der Waals surface area contributed by atoms with Gasteiger partial charge in [0.2, 0.25) is 6.41 Å². The Balaban J connectivity index is 0.00000486. The molecule has 3 heterocycles. The van der Waals surface area contributed by atoms with E-state index in [4.69, 9.17) is 9.47 Å². The molecule has 4 fully saturated rings. The Morgan fingerprint density at radius 1 is 0.980 bits per heavy atom. The van der Waals surface area contributed by atoms with Gasteiger partial charge in [-0.15, -0.1) is 0 Å². The highest BCUT2D eigenvalue weighted by molar-refractivity contribution is 5.75. The first-order valence-electron chi connectivity index (χ1n) is 18.2. The van der Waals surface area contributed by atoms with Gasteiger partial charge >= 0.3 is 0 Å². The molecule has 3 aromatic carbocycles. The topological polar surface area (TPSA) is 120 Å². The van der Waals surface area contributed by atoms with Crippen molar-refractivity contribution in [3.63, 3.8) is 0 Å². The number of piperidine rings is 3. The molecule has 5 N–H and O–H groups in total. The van der Waals surface area contributed by atoms with E-state index in [1.165, 1.54) is 44.8 Å². The summed E-state index contributed by atoms with van der Waals surface area (Å²) in [5.74, 6) is 1.65. The quantitative estimate of drug-likeness (QED) is 0.0624. The second kappa shape index (κ2) is 17.5. The number of ether oxygens (including phenoxy) is 2.